The lowest BCUT2D eigenvalue weighted by atomic mass is 10.2. The minimum absolute atomic E-state index is 0.113. The van der Waals surface area contributed by atoms with Crippen molar-refractivity contribution in [1.82, 2.24) is 9.88 Å². The number of thiazole rings is 1. The maximum atomic E-state index is 12.3. The Kier molecular flexibility index (Phi) is 3.48. The van der Waals surface area contributed by atoms with Crippen molar-refractivity contribution >= 4 is 17.4 Å². The Morgan fingerprint density at radius 3 is 2.80 bits per heavy atom. The predicted octanol–water partition coefficient (Wildman–Crippen LogP) is 4.09. The van der Waals surface area contributed by atoms with Gasteiger partial charge in [-0.05, 0) is 46.5 Å². The molecule has 0 bridgehead atoms. The molecular weight excluding hydrogens is 272 g/mol. The summed E-state index contributed by atoms with van der Waals surface area (Å²) in [6.07, 6.45) is 4.36. The second kappa shape index (κ2) is 5.02. The van der Waals surface area contributed by atoms with Gasteiger partial charge >= 0.3 is 6.09 Å². The van der Waals surface area contributed by atoms with Crippen LogP contribution in [-0.2, 0) is 4.74 Å². The minimum atomic E-state index is -0.438. The first-order chi connectivity index (χ1) is 9.44. The number of likely N-dealkylation sites (tertiary alicyclic amines) is 1. The van der Waals surface area contributed by atoms with Gasteiger partial charge in [0.25, 0.3) is 0 Å². The first-order valence-corrected chi connectivity index (χ1v) is 8.27. The van der Waals surface area contributed by atoms with Gasteiger partial charge in [0.1, 0.15) is 10.6 Å². The number of carbonyl (C=O) groups excluding carboxylic acids is 1. The largest absolute Gasteiger partial charge is 0.444 e. The fraction of sp³-hybridized carbons (Fsp3) is 0.733. The molecule has 0 aromatic carbocycles. The highest BCUT2D eigenvalue weighted by molar-refractivity contribution is 7.09. The van der Waals surface area contributed by atoms with Gasteiger partial charge < -0.3 is 4.74 Å². The fourth-order valence-electron chi connectivity index (χ4n) is 2.58. The number of rotatable bonds is 2. The Labute approximate surface area is 124 Å². The van der Waals surface area contributed by atoms with Crippen LogP contribution in [0.5, 0.6) is 0 Å². The van der Waals surface area contributed by atoms with E-state index >= 15 is 0 Å². The number of hydrogen-bond acceptors (Lipinski definition) is 4. The number of amides is 1. The van der Waals surface area contributed by atoms with Crippen molar-refractivity contribution in [1.29, 1.82) is 0 Å². The maximum Gasteiger partial charge on any atom is 0.410 e. The van der Waals surface area contributed by atoms with Gasteiger partial charge in [-0.25, -0.2) is 9.78 Å². The van der Waals surface area contributed by atoms with Crippen molar-refractivity contribution < 1.29 is 9.53 Å². The molecule has 2 aliphatic rings. The highest BCUT2D eigenvalue weighted by Gasteiger charge is 2.35. The van der Waals surface area contributed by atoms with E-state index in [0.717, 1.165) is 24.4 Å². The first-order valence-electron chi connectivity index (χ1n) is 7.39. The van der Waals surface area contributed by atoms with Gasteiger partial charge in [-0.2, -0.15) is 0 Å². The standard InChI is InChI=1S/C15H22N2O2S/c1-15(2,3)19-14(18)17-8-4-5-12(17)13-16-11(9-20-13)10-6-7-10/h9-10,12H,4-8H2,1-3H3. The minimum Gasteiger partial charge on any atom is -0.444 e. The van der Waals surface area contributed by atoms with Crippen LogP contribution >= 0.6 is 11.3 Å². The summed E-state index contributed by atoms with van der Waals surface area (Å²) < 4.78 is 5.50. The third-order valence-corrected chi connectivity index (χ3v) is 4.67. The second-order valence-electron chi connectivity index (χ2n) is 6.72. The number of aromatic nitrogens is 1. The summed E-state index contributed by atoms with van der Waals surface area (Å²) in [5, 5.41) is 3.24. The summed E-state index contributed by atoms with van der Waals surface area (Å²) in [5.41, 5.74) is 0.785. The third kappa shape index (κ3) is 2.97. The van der Waals surface area contributed by atoms with Crippen LogP contribution in [0.2, 0.25) is 0 Å². The van der Waals surface area contributed by atoms with E-state index in [1.54, 1.807) is 11.3 Å². The molecule has 1 unspecified atom stereocenters. The van der Waals surface area contributed by atoms with Gasteiger partial charge in [-0.1, -0.05) is 0 Å². The molecule has 3 rings (SSSR count). The molecule has 20 heavy (non-hydrogen) atoms. The molecule has 1 aromatic rings. The summed E-state index contributed by atoms with van der Waals surface area (Å²) in [7, 11) is 0. The van der Waals surface area contributed by atoms with Crippen LogP contribution in [0.4, 0.5) is 4.79 Å². The first kappa shape index (κ1) is 13.9. The molecular formula is C15H22N2O2S. The molecule has 0 spiro atoms. The van der Waals surface area contributed by atoms with Gasteiger partial charge in [0, 0.05) is 17.8 Å². The van der Waals surface area contributed by atoms with E-state index in [9.17, 15) is 4.79 Å². The van der Waals surface area contributed by atoms with Crippen molar-refractivity contribution in [2.24, 2.45) is 0 Å². The van der Waals surface area contributed by atoms with Gasteiger partial charge in [0.05, 0.1) is 11.7 Å². The quantitative estimate of drug-likeness (QED) is 0.825. The van der Waals surface area contributed by atoms with Gasteiger partial charge in [-0.15, -0.1) is 11.3 Å². The molecule has 1 saturated heterocycles. The topological polar surface area (TPSA) is 42.4 Å². The van der Waals surface area contributed by atoms with E-state index in [1.807, 2.05) is 25.7 Å². The third-order valence-electron chi connectivity index (χ3n) is 3.70. The molecule has 2 fully saturated rings. The number of ether oxygens (including phenoxy) is 1. The molecule has 1 atom stereocenters. The Morgan fingerprint density at radius 2 is 2.15 bits per heavy atom. The lowest BCUT2D eigenvalue weighted by molar-refractivity contribution is 0.0224. The summed E-state index contributed by atoms with van der Waals surface area (Å²) >= 11 is 1.69. The van der Waals surface area contributed by atoms with E-state index in [1.165, 1.54) is 18.5 Å². The summed E-state index contributed by atoms with van der Waals surface area (Å²) in [6, 6.07) is 0.113. The van der Waals surface area contributed by atoms with E-state index in [-0.39, 0.29) is 12.1 Å². The zero-order valence-corrected chi connectivity index (χ0v) is 13.2. The highest BCUT2D eigenvalue weighted by Crippen LogP contribution is 2.42. The summed E-state index contributed by atoms with van der Waals surface area (Å²) in [4.78, 5) is 18.9. The molecule has 1 amide bonds. The molecule has 4 nitrogen and oxygen atoms in total. The van der Waals surface area contributed by atoms with Gasteiger partial charge in [-0.3, -0.25) is 4.90 Å². The second-order valence-corrected chi connectivity index (χ2v) is 7.61. The van der Waals surface area contributed by atoms with E-state index in [4.69, 9.17) is 9.72 Å². The van der Waals surface area contributed by atoms with Gasteiger partial charge in [0.15, 0.2) is 0 Å². The van der Waals surface area contributed by atoms with Crippen LogP contribution < -0.4 is 0 Å². The Morgan fingerprint density at radius 1 is 1.40 bits per heavy atom. The van der Waals surface area contributed by atoms with Crippen LogP contribution in [0.15, 0.2) is 5.38 Å². The summed E-state index contributed by atoms with van der Waals surface area (Å²) in [6.45, 7) is 6.50. The highest BCUT2D eigenvalue weighted by atomic mass is 32.1. The predicted molar refractivity (Wildman–Crippen MR) is 79.0 cm³/mol. The zero-order chi connectivity index (χ0) is 14.3. The molecule has 110 valence electrons. The molecule has 5 heteroatoms. The molecule has 2 heterocycles. The number of carbonyl (C=O) groups is 1. The number of nitrogens with zero attached hydrogens (tertiary/aromatic N) is 2. The van der Waals surface area contributed by atoms with Crippen molar-refractivity contribution in [3.05, 3.63) is 16.1 Å². The van der Waals surface area contributed by atoms with Crippen LogP contribution in [0.1, 0.15) is 69.1 Å². The normalized spacial score (nSPS) is 23.1. The fourth-order valence-corrected chi connectivity index (χ4v) is 3.63. The molecule has 1 aliphatic heterocycles. The lowest BCUT2D eigenvalue weighted by Gasteiger charge is -2.27. The van der Waals surface area contributed by atoms with Crippen LogP contribution in [0.3, 0.4) is 0 Å². The number of hydrogen-bond donors (Lipinski definition) is 0. The average molecular weight is 294 g/mol. The monoisotopic (exact) mass is 294 g/mol. The maximum absolute atomic E-state index is 12.3. The Balaban J connectivity index is 1.72. The van der Waals surface area contributed by atoms with Crippen LogP contribution in [-0.4, -0.2) is 28.1 Å². The van der Waals surface area contributed by atoms with Crippen molar-refractivity contribution in [3.63, 3.8) is 0 Å². The van der Waals surface area contributed by atoms with E-state index in [0.29, 0.717) is 5.92 Å². The molecule has 1 aromatic heterocycles. The molecule has 1 aliphatic carbocycles. The van der Waals surface area contributed by atoms with E-state index in [2.05, 4.69) is 5.38 Å². The molecule has 0 N–H and O–H groups in total. The van der Waals surface area contributed by atoms with Crippen molar-refractivity contribution in [3.8, 4) is 0 Å². The molecule has 0 radical (unpaired) electrons. The summed E-state index contributed by atoms with van der Waals surface area (Å²) in [5.74, 6) is 0.677. The van der Waals surface area contributed by atoms with Crippen LogP contribution in [0, 0.1) is 0 Å². The van der Waals surface area contributed by atoms with Crippen molar-refractivity contribution in [2.45, 2.75) is 64.0 Å². The Hall–Kier alpha value is -1.10. The lowest BCUT2D eigenvalue weighted by Crippen LogP contribution is -2.36. The van der Waals surface area contributed by atoms with E-state index < -0.39 is 5.60 Å². The zero-order valence-electron chi connectivity index (χ0n) is 12.4. The molecule has 1 saturated carbocycles. The SMILES string of the molecule is CC(C)(C)OC(=O)N1CCCC1c1nc(C2CC2)cs1. The smallest absolute Gasteiger partial charge is 0.410 e. The van der Waals surface area contributed by atoms with Gasteiger partial charge in [0.2, 0.25) is 0 Å². The Bertz CT molecular complexity index is 502. The average Bonchev–Trinajstić information content (AvgIpc) is 2.91. The van der Waals surface area contributed by atoms with Crippen LogP contribution in [0.25, 0.3) is 0 Å². The van der Waals surface area contributed by atoms with Crippen molar-refractivity contribution in [2.75, 3.05) is 6.54 Å².